The molecule has 0 aliphatic rings. The molecule has 16 heavy (non-hydrogen) atoms. The Morgan fingerprint density at radius 1 is 1.38 bits per heavy atom. The van der Waals surface area contributed by atoms with Crippen molar-refractivity contribution in [2.24, 2.45) is 0 Å². The van der Waals surface area contributed by atoms with Gasteiger partial charge in [0.25, 0.3) is 0 Å². The van der Waals surface area contributed by atoms with Gasteiger partial charge in [0.15, 0.2) is 0 Å². The van der Waals surface area contributed by atoms with E-state index in [2.05, 4.69) is 17.2 Å². The number of hydrogen-bond donors (Lipinski definition) is 1. The molecule has 0 aliphatic carbocycles. The molecule has 4 heteroatoms. The van der Waals surface area contributed by atoms with Crippen LogP contribution >= 0.6 is 11.6 Å². The molecule has 0 saturated carbocycles. The molecule has 2 aromatic rings. The summed E-state index contributed by atoms with van der Waals surface area (Å²) in [5.74, 6) is -0.300. The van der Waals surface area contributed by atoms with E-state index < -0.39 is 0 Å². The number of fused-ring (bicyclic) bond motifs is 1. The zero-order valence-electron chi connectivity index (χ0n) is 8.93. The summed E-state index contributed by atoms with van der Waals surface area (Å²) >= 11 is 5.98. The molecular formula is C12H12ClFN2. The minimum absolute atomic E-state index is 0.300. The van der Waals surface area contributed by atoms with Crippen LogP contribution in [0.25, 0.3) is 10.9 Å². The highest BCUT2D eigenvalue weighted by atomic mass is 35.5. The van der Waals surface area contributed by atoms with Crippen molar-refractivity contribution in [3.05, 3.63) is 35.2 Å². The Balaban J connectivity index is 2.61. The van der Waals surface area contributed by atoms with Crippen molar-refractivity contribution in [2.45, 2.75) is 13.3 Å². The van der Waals surface area contributed by atoms with Gasteiger partial charge in [-0.3, -0.25) is 4.98 Å². The first-order chi connectivity index (χ1) is 7.74. The van der Waals surface area contributed by atoms with Crippen LogP contribution < -0.4 is 5.32 Å². The van der Waals surface area contributed by atoms with Crippen LogP contribution in [-0.2, 0) is 0 Å². The van der Waals surface area contributed by atoms with Crippen molar-refractivity contribution in [3.8, 4) is 0 Å². The summed E-state index contributed by atoms with van der Waals surface area (Å²) < 4.78 is 13.7. The first-order valence-electron chi connectivity index (χ1n) is 5.20. The first kappa shape index (κ1) is 11.1. The molecule has 0 fully saturated rings. The van der Waals surface area contributed by atoms with Gasteiger partial charge in [-0.25, -0.2) is 4.39 Å². The Labute approximate surface area is 98.4 Å². The van der Waals surface area contributed by atoms with Crippen LogP contribution in [0.2, 0.25) is 5.02 Å². The smallest absolute Gasteiger partial charge is 0.134 e. The van der Waals surface area contributed by atoms with Gasteiger partial charge in [0, 0.05) is 18.4 Å². The molecular weight excluding hydrogens is 227 g/mol. The molecule has 84 valence electrons. The van der Waals surface area contributed by atoms with E-state index in [0.717, 1.165) is 18.7 Å². The fourth-order valence-corrected chi connectivity index (χ4v) is 1.81. The number of benzene rings is 1. The van der Waals surface area contributed by atoms with E-state index >= 15 is 0 Å². The Bertz CT molecular complexity index is 514. The molecule has 0 radical (unpaired) electrons. The van der Waals surface area contributed by atoms with Crippen LogP contribution in [-0.4, -0.2) is 11.5 Å². The first-order valence-corrected chi connectivity index (χ1v) is 5.58. The van der Waals surface area contributed by atoms with Gasteiger partial charge in [-0.2, -0.15) is 0 Å². The lowest BCUT2D eigenvalue weighted by atomic mass is 10.1. The molecule has 0 spiro atoms. The molecule has 0 atom stereocenters. The average Bonchev–Trinajstić information content (AvgIpc) is 2.31. The molecule has 1 aromatic heterocycles. The number of aromatic nitrogens is 1. The summed E-state index contributed by atoms with van der Waals surface area (Å²) in [4.78, 5) is 4.10. The van der Waals surface area contributed by atoms with E-state index in [0.29, 0.717) is 15.9 Å². The van der Waals surface area contributed by atoms with Crippen LogP contribution in [0.3, 0.4) is 0 Å². The minimum Gasteiger partial charge on any atom is -0.384 e. The van der Waals surface area contributed by atoms with Gasteiger partial charge in [0.05, 0.1) is 15.9 Å². The number of hydrogen-bond acceptors (Lipinski definition) is 2. The standard InChI is InChI=1S/C12H12ClFN2/c1-2-6-15-10-5-7-16-12-8(13)3-4-9(14)11(10)12/h3-5,7H,2,6H2,1H3,(H,15,16). The molecule has 0 unspecified atom stereocenters. The van der Waals surface area contributed by atoms with Crippen molar-refractivity contribution in [2.75, 3.05) is 11.9 Å². The Morgan fingerprint density at radius 3 is 2.94 bits per heavy atom. The molecule has 1 N–H and O–H groups in total. The summed E-state index contributed by atoms with van der Waals surface area (Å²) in [5, 5.41) is 4.10. The van der Waals surface area contributed by atoms with E-state index in [4.69, 9.17) is 11.6 Å². The van der Waals surface area contributed by atoms with Crippen LogP contribution in [0.4, 0.5) is 10.1 Å². The monoisotopic (exact) mass is 238 g/mol. The van der Waals surface area contributed by atoms with E-state index in [1.807, 2.05) is 0 Å². The van der Waals surface area contributed by atoms with Gasteiger partial charge in [-0.15, -0.1) is 0 Å². The Morgan fingerprint density at radius 2 is 2.19 bits per heavy atom. The van der Waals surface area contributed by atoms with E-state index in [9.17, 15) is 4.39 Å². The van der Waals surface area contributed by atoms with Crippen molar-refractivity contribution < 1.29 is 4.39 Å². The van der Waals surface area contributed by atoms with Crippen LogP contribution in [0, 0.1) is 5.82 Å². The minimum atomic E-state index is -0.300. The van der Waals surface area contributed by atoms with Gasteiger partial charge in [-0.1, -0.05) is 18.5 Å². The number of nitrogens with one attached hydrogen (secondary N) is 1. The second-order valence-corrected chi connectivity index (χ2v) is 3.95. The lowest BCUT2D eigenvalue weighted by molar-refractivity contribution is 0.640. The molecule has 0 aliphatic heterocycles. The van der Waals surface area contributed by atoms with E-state index in [-0.39, 0.29) is 5.82 Å². The summed E-state index contributed by atoms with van der Waals surface area (Å²) in [6.45, 7) is 2.85. The van der Waals surface area contributed by atoms with Crippen molar-refractivity contribution in [3.63, 3.8) is 0 Å². The maximum absolute atomic E-state index is 13.7. The molecule has 2 rings (SSSR count). The van der Waals surface area contributed by atoms with Crippen molar-refractivity contribution in [1.82, 2.24) is 4.98 Å². The van der Waals surface area contributed by atoms with E-state index in [1.165, 1.54) is 12.1 Å². The van der Waals surface area contributed by atoms with Gasteiger partial charge >= 0.3 is 0 Å². The van der Waals surface area contributed by atoms with Crippen LogP contribution in [0.5, 0.6) is 0 Å². The normalized spacial score (nSPS) is 10.7. The zero-order chi connectivity index (χ0) is 11.5. The molecule has 0 saturated heterocycles. The van der Waals surface area contributed by atoms with Crippen LogP contribution in [0.1, 0.15) is 13.3 Å². The fourth-order valence-electron chi connectivity index (χ4n) is 1.60. The number of pyridine rings is 1. The lowest BCUT2D eigenvalue weighted by Gasteiger charge is -2.09. The van der Waals surface area contributed by atoms with Gasteiger partial charge in [-0.05, 0) is 24.6 Å². The van der Waals surface area contributed by atoms with Crippen LogP contribution in [0.15, 0.2) is 24.4 Å². The average molecular weight is 239 g/mol. The second kappa shape index (κ2) is 4.66. The highest BCUT2D eigenvalue weighted by molar-refractivity contribution is 6.35. The fraction of sp³-hybridized carbons (Fsp3) is 0.250. The largest absolute Gasteiger partial charge is 0.384 e. The Kier molecular flexibility index (Phi) is 3.25. The molecule has 0 bridgehead atoms. The third kappa shape index (κ3) is 1.95. The molecule has 1 heterocycles. The molecule has 0 amide bonds. The number of nitrogens with zero attached hydrogens (tertiary/aromatic N) is 1. The quantitative estimate of drug-likeness (QED) is 0.879. The maximum Gasteiger partial charge on any atom is 0.134 e. The number of rotatable bonds is 3. The summed E-state index contributed by atoms with van der Waals surface area (Å²) in [6.07, 6.45) is 2.61. The lowest BCUT2D eigenvalue weighted by Crippen LogP contribution is -2.01. The molecule has 1 aromatic carbocycles. The van der Waals surface area contributed by atoms with Gasteiger partial charge in [0.2, 0.25) is 0 Å². The zero-order valence-corrected chi connectivity index (χ0v) is 9.68. The second-order valence-electron chi connectivity index (χ2n) is 3.54. The topological polar surface area (TPSA) is 24.9 Å². The third-order valence-electron chi connectivity index (χ3n) is 2.36. The van der Waals surface area contributed by atoms with E-state index in [1.54, 1.807) is 12.3 Å². The SMILES string of the molecule is CCCNc1ccnc2c(Cl)ccc(F)c12. The summed E-state index contributed by atoms with van der Waals surface area (Å²) in [6, 6.07) is 4.65. The Hall–Kier alpha value is -1.35. The highest BCUT2D eigenvalue weighted by Crippen LogP contribution is 2.29. The summed E-state index contributed by atoms with van der Waals surface area (Å²) in [5.41, 5.74) is 1.25. The highest BCUT2D eigenvalue weighted by Gasteiger charge is 2.09. The third-order valence-corrected chi connectivity index (χ3v) is 2.66. The number of halogens is 2. The van der Waals surface area contributed by atoms with Gasteiger partial charge in [0.1, 0.15) is 5.82 Å². The van der Waals surface area contributed by atoms with Crippen molar-refractivity contribution >= 4 is 28.2 Å². The number of anilines is 1. The predicted octanol–water partition coefficient (Wildman–Crippen LogP) is 3.85. The predicted molar refractivity (Wildman–Crippen MR) is 65.5 cm³/mol. The van der Waals surface area contributed by atoms with Gasteiger partial charge < -0.3 is 5.32 Å². The van der Waals surface area contributed by atoms with Crippen molar-refractivity contribution in [1.29, 1.82) is 0 Å². The molecule has 2 nitrogen and oxygen atoms in total. The maximum atomic E-state index is 13.7. The summed E-state index contributed by atoms with van der Waals surface area (Å²) in [7, 11) is 0.